The van der Waals surface area contributed by atoms with Crippen molar-refractivity contribution >= 4 is 22.0 Å². The number of nitrogens with one attached hydrogen (secondary N) is 1. The lowest BCUT2D eigenvalue weighted by molar-refractivity contribution is 0.922. The van der Waals surface area contributed by atoms with Gasteiger partial charge in [0, 0.05) is 11.0 Å². The molecule has 12 heavy (non-hydrogen) atoms. The maximum Gasteiger partial charge on any atom is 0.0181 e. The summed E-state index contributed by atoms with van der Waals surface area (Å²) in [6, 6.07) is 8.22. The van der Waals surface area contributed by atoms with Gasteiger partial charge in [-0.2, -0.15) is 0 Å². The van der Waals surface area contributed by atoms with E-state index in [1.54, 1.807) is 0 Å². The Morgan fingerprint density at radius 3 is 3.00 bits per heavy atom. The van der Waals surface area contributed by atoms with Crippen molar-refractivity contribution in [3.05, 3.63) is 40.4 Å². The van der Waals surface area contributed by atoms with E-state index in [1.807, 2.05) is 19.2 Å². The van der Waals surface area contributed by atoms with Crippen LogP contribution in [0.3, 0.4) is 0 Å². The molecule has 0 aromatic heterocycles. The normalized spacial score (nSPS) is 10.8. The van der Waals surface area contributed by atoms with Crippen molar-refractivity contribution in [2.45, 2.75) is 0 Å². The number of rotatable bonds is 3. The smallest absolute Gasteiger partial charge is 0.0181 e. The SMILES string of the molecule is CNCC=Cc1cccc(Br)c1. The Balaban J connectivity index is 2.63. The quantitative estimate of drug-likeness (QED) is 0.835. The zero-order valence-electron chi connectivity index (χ0n) is 7.05. The Kier molecular flexibility index (Phi) is 4.05. The molecule has 2 heteroatoms. The number of hydrogen-bond donors (Lipinski definition) is 1. The van der Waals surface area contributed by atoms with Gasteiger partial charge in [0.25, 0.3) is 0 Å². The van der Waals surface area contributed by atoms with E-state index in [0.29, 0.717) is 0 Å². The van der Waals surface area contributed by atoms with Gasteiger partial charge in [-0.3, -0.25) is 0 Å². The first kappa shape index (κ1) is 9.49. The predicted octanol–water partition coefficient (Wildman–Crippen LogP) is 2.68. The topological polar surface area (TPSA) is 12.0 Å². The molecule has 1 rings (SSSR count). The van der Waals surface area contributed by atoms with Crippen LogP contribution in [0.25, 0.3) is 6.08 Å². The second-order valence-electron chi connectivity index (χ2n) is 2.52. The molecule has 0 aliphatic carbocycles. The van der Waals surface area contributed by atoms with E-state index in [2.05, 4.69) is 45.5 Å². The third-order valence-corrected chi connectivity index (χ3v) is 1.97. The maximum atomic E-state index is 3.42. The summed E-state index contributed by atoms with van der Waals surface area (Å²) >= 11 is 3.42. The summed E-state index contributed by atoms with van der Waals surface area (Å²) in [4.78, 5) is 0. The van der Waals surface area contributed by atoms with Gasteiger partial charge in [0.05, 0.1) is 0 Å². The third kappa shape index (κ3) is 3.20. The van der Waals surface area contributed by atoms with Gasteiger partial charge in [0.15, 0.2) is 0 Å². The van der Waals surface area contributed by atoms with Gasteiger partial charge in [-0.15, -0.1) is 0 Å². The second kappa shape index (κ2) is 5.12. The van der Waals surface area contributed by atoms with Crippen LogP contribution in [0.1, 0.15) is 5.56 Å². The molecule has 0 aliphatic rings. The summed E-state index contributed by atoms with van der Waals surface area (Å²) in [7, 11) is 1.94. The molecule has 0 fully saturated rings. The van der Waals surface area contributed by atoms with Crippen molar-refractivity contribution in [2.75, 3.05) is 13.6 Å². The number of halogens is 1. The third-order valence-electron chi connectivity index (χ3n) is 1.48. The molecule has 64 valence electrons. The lowest BCUT2D eigenvalue weighted by Gasteiger charge is -1.94. The monoisotopic (exact) mass is 225 g/mol. The van der Waals surface area contributed by atoms with Crippen LogP contribution in [0.4, 0.5) is 0 Å². The molecule has 1 N–H and O–H groups in total. The minimum atomic E-state index is 0.909. The first-order valence-corrected chi connectivity index (χ1v) is 4.69. The van der Waals surface area contributed by atoms with E-state index in [-0.39, 0.29) is 0 Å². The summed E-state index contributed by atoms with van der Waals surface area (Å²) in [5.74, 6) is 0. The Labute approximate surface area is 81.6 Å². The van der Waals surface area contributed by atoms with Crippen LogP contribution in [0.15, 0.2) is 34.8 Å². The standard InChI is InChI=1S/C10H12BrN/c1-12-7-3-5-9-4-2-6-10(11)8-9/h2-6,8,12H,7H2,1H3. The van der Waals surface area contributed by atoms with Crippen LogP contribution in [-0.4, -0.2) is 13.6 Å². The molecule has 1 aromatic rings. The molecule has 0 aliphatic heterocycles. The molecular weight excluding hydrogens is 214 g/mol. The minimum absolute atomic E-state index is 0.909. The summed E-state index contributed by atoms with van der Waals surface area (Å²) in [5.41, 5.74) is 1.22. The van der Waals surface area contributed by atoms with E-state index >= 15 is 0 Å². The van der Waals surface area contributed by atoms with Crippen LogP contribution in [0.2, 0.25) is 0 Å². The van der Waals surface area contributed by atoms with Crippen molar-refractivity contribution < 1.29 is 0 Å². The van der Waals surface area contributed by atoms with Gasteiger partial charge < -0.3 is 5.32 Å². The van der Waals surface area contributed by atoms with Crippen LogP contribution < -0.4 is 5.32 Å². The van der Waals surface area contributed by atoms with Gasteiger partial charge in [0.2, 0.25) is 0 Å². The molecular formula is C10H12BrN. The molecule has 0 amide bonds. The van der Waals surface area contributed by atoms with Gasteiger partial charge >= 0.3 is 0 Å². The average molecular weight is 226 g/mol. The Morgan fingerprint density at radius 1 is 1.50 bits per heavy atom. The number of likely N-dealkylation sites (N-methyl/N-ethyl adjacent to an activating group) is 1. The highest BCUT2D eigenvalue weighted by molar-refractivity contribution is 9.10. The lowest BCUT2D eigenvalue weighted by Crippen LogP contribution is -2.03. The molecule has 1 aromatic carbocycles. The van der Waals surface area contributed by atoms with Crippen molar-refractivity contribution in [3.63, 3.8) is 0 Å². The summed E-state index contributed by atoms with van der Waals surface area (Å²) in [5, 5.41) is 3.05. The number of benzene rings is 1. The zero-order valence-corrected chi connectivity index (χ0v) is 8.64. The molecule has 0 heterocycles. The van der Waals surface area contributed by atoms with E-state index in [0.717, 1.165) is 11.0 Å². The van der Waals surface area contributed by atoms with Crippen LogP contribution >= 0.6 is 15.9 Å². The van der Waals surface area contributed by atoms with E-state index < -0.39 is 0 Å². The maximum absolute atomic E-state index is 3.42. The molecule has 0 saturated carbocycles. The number of hydrogen-bond acceptors (Lipinski definition) is 1. The molecule has 1 nitrogen and oxygen atoms in total. The fourth-order valence-electron chi connectivity index (χ4n) is 0.923. The van der Waals surface area contributed by atoms with Crippen LogP contribution in [0, 0.1) is 0 Å². The molecule has 0 atom stereocenters. The Morgan fingerprint density at radius 2 is 2.33 bits per heavy atom. The first-order chi connectivity index (χ1) is 5.83. The summed E-state index contributed by atoms with van der Waals surface area (Å²) in [6.07, 6.45) is 4.20. The highest BCUT2D eigenvalue weighted by atomic mass is 79.9. The summed E-state index contributed by atoms with van der Waals surface area (Å²) < 4.78 is 1.12. The van der Waals surface area contributed by atoms with Crippen molar-refractivity contribution in [3.8, 4) is 0 Å². The fourth-order valence-corrected chi connectivity index (χ4v) is 1.34. The fraction of sp³-hybridized carbons (Fsp3) is 0.200. The van der Waals surface area contributed by atoms with E-state index in [4.69, 9.17) is 0 Å². The minimum Gasteiger partial charge on any atom is -0.316 e. The van der Waals surface area contributed by atoms with Gasteiger partial charge in [0.1, 0.15) is 0 Å². The van der Waals surface area contributed by atoms with Gasteiger partial charge in [-0.25, -0.2) is 0 Å². The average Bonchev–Trinajstić information content (AvgIpc) is 2.05. The predicted molar refractivity (Wildman–Crippen MR) is 57.1 cm³/mol. The Bertz CT molecular complexity index is 268. The van der Waals surface area contributed by atoms with Crippen molar-refractivity contribution in [2.24, 2.45) is 0 Å². The molecule has 0 unspecified atom stereocenters. The van der Waals surface area contributed by atoms with E-state index in [1.165, 1.54) is 5.56 Å². The van der Waals surface area contributed by atoms with Crippen LogP contribution in [-0.2, 0) is 0 Å². The molecule has 0 bridgehead atoms. The zero-order chi connectivity index (χ0) is 8.81. The van der Waals surface area contributed by atoms with Crippen molar-refractivity contribution in [1.82, 2.24) is 5.32 Å². The van der Waals surface area contributed by atoms with E-state index in [9.17, 15) is 0 Å². The molecule has 0 saturated heterocycles. The molecule has 0 radical (unpaired) electrons. The summed E-state index contributed by atoms with van der Waals surface area (Å²) in [6.45, 7) is 0.909. The van der Waals surface area contributed by atoms with Crippen LogP contribution in [0.5, 0.6) is 0 Å². The Hall–Kier alpha value is -0.600. The van der Waals surface area contributed by atoms with Crippen molar-refractivity contribution in [1.29, 1.82) is 0 Å². The molecule has 0 spiro atoms. The lowest BCUT2D eigenvalue weighted by atomic mass is 10.2. The largest absolute Gasteiger partial charge is 0.316 e. The van der Waals surface area contributed by atoms with Gasteiger partial charge in [-0.05, 0) is 24.7 Å². The highest BCUT2D eigenvalue weighted by Gasteiger charge is 1.86. The van der Waals surface area contributed by atoms with Gasteiger partial charge in [-0.1, -0.05) is 40.2 Å². The first-order valence-electron chi connectivity index (χ1n) is 3.89. The second-order valence-corrected chi connectivity index (χ2v) is 3.43. The highest BCUT2D eigenvalue weighted by Crippen LogP contribution is 2.12.